The third kappa shape index (κ3) is 2.59. The average molecular weight is 243 g/mol. The molecule has 94 valence electrons. The first kappa shape index (κ1) is 12.8. The van der Waals surface area contributed by atoms with Crippen molar-refractivity contribution in [3.05, 3.63) is 58.9 Å². The molecule has 0 unspecified atom stereocenters. The van der Waals surface area contributed by atoms with Crippen molar-refractivity contribution < 1.29 is 4.39 Å². The third-order valence-electron chi connectivity index (χ3n) is 3.10. The fourth-order valence-corrected chi connectivity index (χ4v) is 2.12. The van der Waals surface area contributed by atoms with Gasteiger partial charge in [-0.2, -0.15) is 0 Å². The molecule has 2 aromatic rings. The van der Waals surface area contributed by atoms with Crippen LogP contribution in [-0.4, -0.2) is 7.05 Å². The Morgan fingerprint density at radius 3 is 2.44 bits per heavy atom. The van der Waals surface area contributed by atoms with Gasteiger partial charge < -0.3 is 5.32 Å². The fourth-order valence-electron chi connectivity index (χ4n) is 2.12. The van der Waals surface area contributed by atoms with Gasteiger partial charge in [0, 0.05) is 12.1 Å². The maximum absolute atomic E-state index is 14.1. The maximum atomic E-state index is 14.1. The highest BCUT2D eigenvalue weighted by Gasteiger charge is 2.08. The van der Waals surface area contributed by atoms with Crippen LogP contribution in [0.2, 0.25) is 0 Å². The molecule has 1 N–H and O–H groups in total. The van der Waals surface area contributed by atoms with E-state index in [1.54, 1.807) is 6.07 Å². The summed E-state index contributed by atoms with van der Waals surface area (Å²) >= 11 is 0. The highest BCUT2D eigenvalue weighted by atomic mass is 19.1. The summed E-state index contributed by atoms with van der Waals surface area (Å²) in [5.41, 5.74) is 4.86. The van der Waals surface area contributed by atoms with E-state index >= 15 is 0 Å². The number of rotatable bonds is 3. The van der Waals surface area contributed by atoms with E-state index in [-0.39, 0.29) is 5.82 Å². The monoisotopic (exact) mass is 243 g/mol. The van der Waals surface area contributed by atoms with Crippen molar-refractivity contribution in [2.75, 3.05) is 7.05 Å². The van der Waals surface area contributed by atoms with Crippen LogP contribution in [0, 0.1) is 19.7 Å². The molecule has 0 aliphatic heterocycles. The lowest BCUT2D eigenvalue weighted by atomic mass is 9.97. The SMILES string of the molecule is CNCc1ccc(-c2cc(C)ccc2C)c(F)c1. The number of aryl methyl sites for hydroxylation is 2. The molecule has 0 saturated carbocycles. The zero-order chi connectivity index (χ0) is 13.1. The van der Waals surface area contributed by atoms with Crippen LogP contribution in [0.3, 0.4) is 0 Å². The molecule has 18 heavy (non-hydrogen) atoms. The summed E-state index contributed by atoms with van der Waals surface area (Å²) < 4.78 is 14.1. The molecule has 0 heterocycles. The van der Waals surface area contributed by atoms with Crippen LogP contribution >= 0.6 is 0 Å². The molecule has 0 aromatic heterocycles. The topological polar surface area (TPSA) is 12.0 Å². The van der Waals surface area contributed by atoms with Gasteiger partial charge in [0.05, 0.1) is 0 Å². The molecule has 2 aromatic carbocycles. The van der Waals surface area contributed by atoms with Crippen molar-refractivity contribution in [2.45, 2.75) is 20.4 Å². The van der Waals surface area contributed by atoms with Gasteiger partial charge in [-0.05, 0) is 43.7 Å². The van der Waals surface area contributed by atoms with Crippen LogP contribution in [0.1, 0.15) is 16.7 Å². The number of benzene rings is 2. The molecule has 0 bridgehead atoms. The largest absolute Gasteiger partial charge is 0.316 e. The predicted molar refractivity (Wildman–Crippen MR) is 74.1 cm³/mol. The van der Waals surface area contributed by atoms with Crippen LogP contribution in [-0.2, 0) is 6.54 Å². The second-order valence-electron chi connectivity index (χ2n) is 4.66. The summed E-state index contributed by atoms with van der Waals surface area (Å²) in [7, 11) is 1.86. The van der Waals surface area contributed by atoms with E-state index < -0.39 is 0 Å². The second-order valence-corrected chi connectivity index (χ2v) is 4.66. The maximum Gasteiger partial charge on any atom is 0.131 e. The van der Waals surface area contributed by atoms with Gasteiger partial charge in [0.15, 0.2) is 0 Å². The Hall–Kier alpha value is -1.67. The van der Waals surface area contributed by atoms with Gasteiger partial charge in [-0.3, -0.25) is 0 Å². The smallest absolute Gasteiger partial charge is 0.131 e. The Kier molecular flexibility index (Phi) is 3.78. The van der Waals surface area contributed by atoms with E-state index in [9.17, 15) is 4.39 Å². The van der Waals surface area contributed by atoms with Gasteiger partial charge in [-0.1, -0.05) is 35.9 Å². The molecule has 2 rings (SSSR count). The van der Waals surface area contributed by atoms with Crippen molar-refractivity contribution in [1.82, 2.24) is 5.32 Å². The Bertz CT molecular complexity index is 561. The Balaban J connectivity index is 2.47. The van der Waals surface area contributed by atoms with E-state index in [1.807, 2.05) is 51.2 Å². The first-order chi connectivity index (χ1) is 8.61. The molecular formula is C16H18FN. The van der Waals surface area contributed by atoms with Gasteiger partial charge in [0.2, 0.25) is 0 Å². The zero-order valence-corrected chi connectivity index (χ0v) is 11.0. The summed E-state index contributed by atoms with van der Waals surface area (Å²) in [5, 5.41) is 3.02. The van der Waals surface area contributed by atoms with Crippen molar-refractivity contribution in [2.24, 2.45) is 0 Å². The van der Waals surface area contributed by atoms with Crippen molar-refractivity contribution >= 4 is 0 Å². The van der Waals surface area contributed by atoms with Crippen LogP contribution in [0.15, 0.2) is 36.4 Å². The van der Waals surface area contributed by atoms with Crippen LogP contribution in [0.4, 0.5) is 4.39 Å². The minimum Gasteiger partial charge on any atom is -0.316 e. The van der Waals surface area contributed by atoms with Crippen LogP contribution < -0.4 is 5.32 Å². The molecule has 0 saturated heterocycles. The summed E-state index contributed by atoms with van der Waals surface area (Å²) in [6.45, 7) is 4.72. The van der Waals surface area contributed by atoms with Crippen LogP contribution in [0.25, 0.3) is 11.1 Å². The number of halogens is 1. The standard InChI is InChI=1S/C16H18FN/c1-11-4-5-12(2)15(8-11)14-7-6-13(10-18-3)9-16(14)17/h4-9,18H,10H2,1-3H3. The second kappa shape index (κ2) is 5.32. The summed E-state index contributed by atoms with van der Waals surface area (Å²) in [6, 6.07) is 11.6. The van der Waals surface area contributed by atoms with E-state index in [0.29, 0.717) is 12.1 Å². The number of hydrogen-bond acceptors (Lipinski definition) is 1. The fraction of sp³-hybridized carbons (Fsp3) is 0.250. The molecule has 2 heteroatoms. The third-order valence-corrected chi connectivity index (χ3v) is 3.10. The van der Waals surface area contributed by atoms with Gasteiger partial charge >= 0.3 is 0 Å². The number of hydrogen-bond donors (Lipinski definition) is 1. The highest BCUT2D eigenvalue weighted by molar-refractivity contribution is 5.68. The quantitative estimate of drug-likeness (QED) is 0.864. The molecule has 0 atom stereocenters. The minimum absolute atomic E-state index is 0.156. The van der Waals surface area contributed by atoms with E-state index in [2.05, 4.69) is 5.32 Å². The van der Waals surface area contributed by atoms with Gasteiger partial charge in [-0.15, -0.1) is 0 Å². The molecule has 0 spiro atoms. The van der Waals surface area contributed by atoms with Crippen molar-refractivity contribution in [3.63, 3.8) is 0 Å². The lowest BCUT2D eigenvalue weighted by molar-refractivity contribution is 0.627. The van der Waals surface area contributed by atoms with Gasteiger partial charge in [0.25, 0.3) is 0 Å². The van der Waals surface area contributed by atoms with E-state index in [0.717, 1.165) is 22.3 Å². The molecule has 0 amide bonds. The Morgan fingerprint density at radius 2 is 1.78 bits per heavy atom. The molecule has 0 radical (unpaired) electrons. The lowest BCUT2D eigenvalue weighted by Gasteiger charge is -2.10. The summed E-state index contributed by atoms with van der Waals surface area (Å²) in [4.78, 5) is 0. The zero-order valence-electron chi connectivity index (χ0n) is 11.0. The average Bonchev–Trinajstić information content (AvgIpc) is 2.33. The lowest BCUT2D eigenvalue weighted by Crippen LogP contribution is -2.05. The summed E-state index contributed by atoms with van der Waals surface area (Å²) in [5.74, 6) is -0.156. The van der Waals surface area contributed by atoms with Gasteiger partial charge in [-0.25, -0.2) is 4.39 Å². The Labute approximate surface area is 108 Å². The Morgan fingerprint density at radius 1 is 1.00 bits per heavy atom. The van der Waals surface area contributed by atoms with Crippen LogP contribution in [0.5, 0.6) is 0 Å². The predicted octanol–water partition coefficient (Wildman–Crippen LogP) is 3.83. The molecule has 1 nitrogen and oxygen atoms in total. The normalized spacial score (nSPS) is 10.7. The van der Waals surface area contributed by atoms with Gasteiger partial charge in [0.1, 0.15) is 5.82 Å². The highest BCUT2D eigenvalue weighted by Crippen LogP contribution is 2.27. The number of nitrogens with one attached hydrogen (secondary N) is 1. The molecule has 0 aliphatic rings. The first-order valence-corrected chi connectivity index (χ1v) is 6.12. The minimum atomic E-state index is -0.156. The van der Waals surface area contributed by atoms with Crippen molar-refractivity contribution in [1.29, 1.82) is 0 Å². The van der Waals surface area contributed by atoms with E-state index in [4.69, 9.17) is 0 Å². The molecule has 0 aliphatic carbocycles. The first-order valence-electron chi connectivity index (χ1n) is 6.12. The van der Waals surface area contributed by atoms with Crippen molar-refractivity contribution in [3.8, 4) is 11.1 Å². The molecular weight excluding hydrogens is 225 g/mol. The van der Waals surface area contributed by atoms with E-state index in [1.165, 1.54) is 0 Å². The molecule has 0 fully saturated rings. The summed E-state index contributed by atoms with van der Waals surface area (Å²) in [6.07, 6.45) is 0.